The summed E-state index contributed by atoms with van der Waals surface area (Å²) in [6.07, 6.45) is 1.90. The minimum atomic E-state index is -0.0532. The molecule has 1 aromatic carbocycles. The van der Waals surface area contributed by atoms with Gasteiger partial charge in [-0.1, -0.05) is 12.1 Å². The molecule has 0 aliphatic carbocycles. The van der Waals surface area contributed by atoms with Gasteiger partial charge in [0.1, 0.15) is 11.4 Å². The highest BCUT2D eigenvalue weighted by Gasteiger charge is 2.17. The zero-order chi connectivity index (χ0) is 21.8. The van der Waals surface area contributed by atoms with Crippen LogP contribution in [-0.2, 0) is 7.05 Å². The van der Waals surface area contributed by atoms with E-state index in [1.807, 2.05) is 49.0 Å². The van der Waals surface area contributed by atoms with Crippen molar-refractivity contribution in [2.45, 2.75) is 13.8 Å². The van der Waals surface area contributed by atoms with Crippen LogP contribution in [0.3, 0.4) is 0 Å². The molecule has 0 saturated carbocycles. The lowest BCUT2D eigenvalue weighted by molar-refractivity contribution is 0.0827. The lowest BCUT2D eigenvalue weighted by Gasteiger charge is -2.10. The van der Waals surface area contributed by atoms with Crippen LogP contribution in [0.2, 0.25) is 0 Å². The van der Waals surface area contributed by atoms with Gasteiger partial charge in [0, 0.05) is 38.6 Å². The summed E-state index contributed by atoms with van der Waals surface area (Å²) in [5.41, 5.74) is 4.01. The Labute approximate surface area is 175 Å². The SMILES string of the molecule is C=N/C(C)=C(\N=C(/C)c1ccc(C(=O)N(C)C)cc1)c1nnc(-c2cccn2C)o1. The molecule has 0 aliphatic heterocycles. The second-order valence-electron chi connectivity index (χ2n) is 6.98. The maximum absolute atomic E-state index is 12.1. The van der Waals surface area contributed by atoms with E-state index in [-0.39, 0.29) is 11.8 Å². The number of carbonyl (C=O) groups is 1. The molecule has 30 heavy (non-hydrogen) atoms. The van der Waals surface area contributed by atoms with Crippen LogP contribution >= 0.6 is 0 Å². The van der Waals surface area contributed by atoms with E-state index in [1.165, 1.54) is 4.90 Å². The number of aryl methyl sites for hydroxylation is 1. The zero-order valence-corrected chi connectivity index (χ0v) is 17.7. The monoisotopic (exact) mass is 404 g/mol. The van der Waals surface area contributed by atoms with Crippen LogP contribution in [0.1, 0.15) is 35.7 Å². The van der Waals surface area contributed by atoms with Crippen LogP contribution in [-0.4, -0.2) is 52.1 Å². The van der Waals surface area contributed by atoms with Crippen molar-refractivity contribution in [1.29, 1.82) is 0 Å². The fourth-order valence-electron chi connectivity index (χ4n) is 2.81. The first-order valence-corrected chi connectivity index (χ1v) is 9.32. The Morgan fingerprint density at radius 1 is 1.10 bits per heavy atom. The Morgan fingerprint density at radius 2 is 1.77 bits per heavy atom. The van der Waals surface area contributed by atoms with Crippen LogP contribution < -0.4 is 0 Å². The van der Waals surface area contributed by atoms with E-state index in [1.54, 1.807) is 33.2 Å². The highest BCUT2D eigenvalue weighted by molar-refractivity contribution is 6.02. The molecule has 0 radical (unpaired) electrons. The lowest BCUT2D eigenvalue weighted by Crippen LogP contribution is -2.21. The number of nitrogens with zero attached hydrogens (tertiary/aromatic N) is 6. The van der Waals surface area contributed by atoms with E-state index in [4.69, 9.17) is 4.42 Å². The summed E-state index contributed by atoms with van der Waals surface area (Å²) in [6, 6.07) is 11.1. The van der Waals surface area contributed by atoms with Gasteiger partial charge in [-0.05, 0) is 50.4 Å². The summed E-state index contributed by atoms with van der Waals surface area (Å²) >= 11 is 0. The molecule has 0 atom stereocenters. The standard InChI is InChI=1S/C22H24N6O2/c1-14(16-9-11-17(12-10-16)22(29)27(4)5)24-19(15(2)23-3)21-26-25-20(30-21)18-8-7-13-28(18)6/h7-13H,3H2,1-2,4-6H3/b19-15-,24-14+. The molecule has 8 heteroatoms. The van der Waals surface area contributed by atoms with E-state index in [0.29, 0.717) is 22.8 Å². The fraction of sp³-hybridized carbons (Fsp3) is 0.227. The minimum absolute atomic E-state index is 0.0532. The molecule has 0 unspecified atom stereocenters. The van der Waals surface area contributed by atoms with Gasteiger partial charge in [0.05, 0.1) is 5.70 Å². The summed E-state index contributed by atoms with van der Waals surface area (Å²) in [6.45, 7) is 7.24. The largest absolute Gasteiger partial charge is 0.413 e. The third-order valence-corrected chi connectivity index (χ3v) is 4.61. The number of aromatic nitrogens is 3. The number of carbonyl (C=O) groups excluding carboxylic acids is 1. The summed E-state index contributed by atoms with van der Waals surface area (Å²) in [7, 11) is 5.35. The molecule has 3 aromatic rings. The smallest absolute Gasteiger partial charge is 0.268 e. The number of benzene rings is 1. The number of hydrogen-bond donors (Lipinski definition) is 0. The molecule has 0 N–H and O–H groups in total. The molecular weight excluding hydrogens is 380 g/mol. The molecule has 0 aliphatic rings. The summed E-state index contributed by atoms with van der Waals surface area (Å²) in [4.78, 5) is 22.3. The number of amides is 1. The third kappa shape index (κ3) is 4.27. The Hall–Kier alpha value is -3.81. The maximum Gasteiger partial charge on any atom is 0.268 e. The first kappa shape index (κ1) is 20.9. The molecule has 2 aromatic heterocycles. The van der Waals surface area contributed by atoms with Crippen LogP contribution in [0.15, 0.2) is 62.7 Å². The number of aliphatic imine (C=N–C) groups is 2. The second kappa shape index (κ2) is 8.69. The molecule has 1 amide bonds. The van der Waals surface area contributed by atoms with Crippen molar-refractivity contribution in [2.75, 3.05) is 14.1 Å². The Balaban J connectivity index is 1.95. The van der Waals surface area contributed by atoms with Gasteiger partial charge < -0.3 is 13.9 Å². The first-order chi connectivity index (χ1) is 14.3. The zero-order valence-electron chi connectivity index (χ0n) is 17.7. The molecule has 154 valence electrons. The quantitative estimate of drug-likeness (QED) is 0.586. The van der Waals surface area contributed by atoms with Gasteiger partial charge >= 0.3 is 0 Å². The highest BCUT2D eigenvalue weighted by atomic mass is 16.4. The number of allylic oxidation sites excluding steroid dienone is 1. The van der Waals surface area contributed by atoms with E-state index < -0.39 is 0 Å². The molecular formula is C22H24N6O2. The molecule has 8 nitrogen and oxygen atoms in total. The third-order valence-electron chi connectivity index (χ3n) is 4.61. The van der Waals surface area contributed by atoms with Crippen molar-refractivity contribution in [3.05, 3.63) is 65.3 Å². The van der Waals surface area contributed by atoms with Crippen molar-refractivity contribution in [1.82, 2.24) is 19.7 Å². The second-order valence-corrected chi connectivity index (χ2v) is 6.98. The summed E-state index contributed by atoms with van der Waals surface area (Å²) in [5.74, 6) is 0.601. The predicted molar refractivity (Wildman–Crippen MR) is 118 cm³/mol. The Bertz CT molecular complexity index is 1130. The van der Waals surface area contributed by atoms with Gasteiger partial charge in [-0.15, -0.1) is 10.2 Å². The summed E-state index contributed by atoms with van der Waals surface area (Å²) < 4.78 is 7.75. The van der Waals surface area contributed by atoms with Crippen molar-refractivity contribution < 1.29 is 9.21 Å². The molecule has 2 heterocycles. The van der Waals surface area contributed by atoms with Gasteiger partial charge in [-0.25, -0.2) is 4.99 Å². The number of rotatable bonds is 6. The molecule has 0 saturated heterocycles. The maximum atomic E-state index is 12.1. The molecule has 0 bridgehead atoms. The van der Waals surface area contributed by atoms with Crippen molar-refractivity contribution in [3.8, 4) is 11.6 Å². The Kier molecular flexibility index (Phi) is 6.06. The topological polar surface area (TPSA) is 88.9 Å². The Morgan fingerprint density at radius 3 is 2.33 bits per heavy atom. The molecule has 3 rings (SSSR count). The van der Waals surface area contributed by atoms with Crippen molar-refractivity contribution >= 4 is 24.0 Å². The lowest BCUT2D eigenvalue weighted by atomic mass is 10.1. The van der Waals surface area contributed by atoms with Crippen LogP contribution in [0, 0.1) is 0 Å². The normalized spacial score (nSPS) is 12.5. The van der Waals surface area contributed by atoms with Gasteiger partial charge in [0.2, 0.25) is 0 Å². The molecule has 0 fully saturated rings. The van der Waals surface area contributed by atoms with Gasteiger partial charge in [0.25, 0.3) is 17.7 Å². The van der Waals surface area contributed by atoms with Crippen LogP contribution in [0.4, 0.5) is 0 Å². The van der Waals surface area contributed by atoms with E-state index in [9.17, 15) is 4.79 Å². The predicted octanol–water partition coefficient (Wildman–Crippen LogP) is 3.68. The minimum Gasteiger partial charge on any atom is -0.413 e. The van der Waals surface area contributed by atoms with E-state index in [0.717, 1.165) is 17.0 Å². The van der Waals surface area contributed by atoms with Crippen molar-refractivity contribution in [2.24, 2.45) is 17.0 Å². The van der Waals surface area contributed by atoms with Gasteiger partial charge in [-0.3, -0.25) is 9.79 Å². The van der Waals surface area contributed by atoms with Crippen LogP contribution in [0.25, 0.3) is 17.3 Å². The van der Waals surface area contributed by atoms with Gasteiger partial charge in [0.15, 0.2) is 0 Å². The van der Waals surface area contributed by atoms with Crippen LogP contribution in [0.5, 0.6) is 0 Å². The average molecular weight is 404 g/mol. The molecule has 0 spiro atoms. The number of hydrogen-bond acceptors (Lipinski definition) is 6. The van der Waals surface area contributed by atoms with Crippen molar-refractivity contribution in [3.63, 3.8) is 0 Å². The summed E-state index contributed by atoms with van der Waals surface area (Å²) in [5, 5.41) is 8.29. The average Bonchev–Trinajstić information content (AvgIpc) is 3.39. The fourth-order valence-corrected chi connectivity index (χ4v) is 2.81. The van der Waals surface area contributed by atoms with E-state index in [2.05, 4.69) is 26.9 Å². The van der Waals surface area contributed by atoms with E-state index >= 15 is 0 Å². The van der Waals surface area contributed by atoms with Gasteiger partial charge in [-0.2, -0.15) is 0 Å². The highest BCUT2D eigenvalue weighted by Crippen LogP contribution is 2.25. The first-order valence-electron chi connectivity index (χ1n) is 9.32.